The Morgan fingerprint density at radius 3 is 2.89 bits per heavy atom. The van der Waals surface area contributed by atoms with Crippen molar-refractivity contribution in [1.29, 1.82) is 0 Å². The molecule has 1 aromatic rings. The number of nitrogens with one attached hydrogen (secondary N) is 1. The molecule has 2 nitrogen and oxygen atoms in total. The van der Waals surface area contributed by atoms with Gasteiger partial charge in [0.1, 0.15) is 0 Å². The van der Waals surface area contributed by atoms with Gasteiger partial charge in [0.2, 0.25) is 0 Å². The molecular weight excluding hydrogens is 244 g/mol. The maximum absolute atomic E-state index is 6.14. The van der Waals surface area contributed by atoms with Gasteiger partial charge < -0.3 is 10.2 Å². The van der Waals surface area contributed by atoms with Crippen molar-refractivity contribution in [2.45, 2.75) is 32.2 Å². The second-order valence-corrected chi connectivity index (χ2v) is 6.41. The largest absolute Gasteiger partial charge is 0.368 e. The molecule has 3 rings (SSSR count). The fraction of sp³-hybridized carbons (Fsp3) is 0.600. The van der Waals surface area contributed by atoms with Gasteiger partial charge in [-0.25, -0.2) is 0 Å². The summed E-state index contributed by atoms with van der Waals surface area (Å²) in [5, 5.41) is 4.55. The second-order valence-electron chi connectivity index (χ2n) is 5.97. The molecule has 1 saturated heterocycles. The maximum atomic E-state index is 6.14. The summed E-state index contributed by atoms with van der Waals surface area (Å²) in [6.45, 7) is 7.78. The Balaban J connectivity index is 1.85. The van der Waals surface area contributed by atoms with E-state index in [1.54, 1.807) is 0 Å². The van der Waals surface area contributed by atoms with E-state index in [4.69, 9.17) is 11.6 Å². The molecule has 1 unspecified atom stereocenters. The number of anilines is 1. The van der Waals surface area contributed by atoms with Crippen molar-refractivity contribution >= 4 is 17.3 Å². The zero-order valence-electron chi connectivity index (χ0n) is 11.2. The summed E-state index contributed by atoms with van der Waals surface area (Å²) >= 11 is 6.14. The lowest BCUT2D eigenvalue weighted by Gasteiger charge is -2.43. The fourth-order valence-corrected chi connectivity index (χ4v) is 3.30. The molecule has 1 aliphatic heterocycles. The molecule has 1 N–H and O–H groups in total. The predicted octanol–water partition coefficient (Wildman–Crippen LogP) is 3.23. The summed E-state index contributed by atoms with van der Waals surface area (Å²) in [5.74, 6) is 0.861. The third-order valence-electron chi connectivity index (χ3n) is 4.42. The summed E-state index contributed by atoms with van der Waals surface area (Å²) in [6.07, 6.45) is 2.76. The molecule has 1 aromatic carbocycles. The van der Waals surface area contributed by atoms with Crippen molar-refractivity contribution in [2.24, 2.45) is 5.92 Å². The molecule has 3 heteroatoms. The molecule has 1 atom stereocenters. The van der Waals surface area contributed by atoms with E-state index in [-0.39, 0.29) is 5.54 Å². The first-order valence-corrected chi connectivity index (χ1v) is 7.22. The lowest BCUT2D eigenvalue weighted by atomic mass is 9.92. The van der Waals surface area contributed by atoms with Crippen LogP contribution in [0.4, 0.5) is 5.69 Å². The number of rotatable bonds is 2. The zero-order chi connectivity index (χ0) is 12.8. The Morgan fingerprint density at radius 2 is 2.17 bits per heavy atom. The van der Waals surface area contributed by atoms with Crippen molar-refractivity contribution in [3.05, 3.63) is 28.8 Å². The summed E-state index contributed by atoms with van der Waals surface area (Å²) in [6, 6.07) is 6.20. The smallest absolute Gasteiger partial charge is 0.0426 e. The van der Waals surface area contributed by atoms with Crippen LogP contribution in [0.25, 0.3) is 0 Å². The van der Waals surface area contributed by atoms with Gasteiger partial charge in [-0.2, -0.15) is 0 Å². The van der Waals surface area contributed by atoms with Crippen molar-refractivity contribution in [3.63, 3.8) is 0 Å². The fourth-order valence-electron chi connectivity index (χ4n) is 3.13. The normalized spacial score (nSPS) is 28.5. The van der Waals surface area contributed by atoms with E-state index < -0.39 is 0 Å². The van der Waals surface area contributed by atoms with E-state index in [9.17, 15) is 0 Å². The van der Waals surface area contributed by atoms with Crippen LogP contribution >= 0.6 is 11.6 Å². The molecular formula is C15H21ClN2. The highest BCUT2D eigenvalue weighted by atomic mass is 35.5. The second kappa shape index (κ2) is 4.43. The van der Waals surface area contributed by atoms with Gasteiger partial charge >= 0.3 is 0 Å². The van der Waals surface area contributed by atoms with Crippen molar-refractivity contribution < 1.29 is 0 Å². The summed E-state index contributed by atoms with van der Waals surface area (Å²) < 4.78 is 0. The molecule has 1 saturated carbocycles. The molecule has 0 radical (unpaired) electrons. The van der Waals surface area contributed by atoms with Gasteiger partial charge in [-0.15, -0.1) is 0 Å². The van der Waals surface area contributed by atoms with Crippen LogP contribution in [-0.4, -0.2) is 25.2 Å². The third kappa shape index (κ3) is 2.24. The van der Waals surface area contributed by atoms with Gasteiger partial charge in [0.25, 0.3) is 0 Å². The first kappa shape index (κ1) is 12.3. The number of nitrogens with zero attached hydrogens (tertiary/aromatic N) is 1. The van der Waals surface area contributed by atoms with E-state index in [0.717, 1.165) is 30.6 Å². The molecule has 98 valence electrons. The number of aryl methyl sites for hydroxylation is 1. The van der Waals surface area contributed by atoms with E-state index in [1.165, 1.54) is 24.1 Å². The third-order valence-corrected chi connectivity index (χ3v) is 4.66. The van der Waals surface area contributed by atoms with Crippen LogP contribution in [-0.2, 0) is 0 Å². The molecule has 0 aromatic heterocycles. The molecule has 1 aliphatic carbocycles. The first-order valence-electron chi connectivity index (χ1n) is 6.85. The highest BCUT2D eigenvalue weighted by molar-refractivity contribution is 6.30. The van der Waals surface area contributed by atoms with Crippen molar-refractivity contribution in [1.82, 2.24) is 5.32 Å². The van der Waals surface area contributed by atoms with Gasteiger partial charge in [-0.3, -0.25) is 0 Å². The summed E-state index contributed by atoms with van der Waals surface area (Å²) in [4.78, 5) is 2.50. The molecule has 0 amide bonds. The van der Waals surface area contributed by atoms with Crippen LogP contribution in [0.2, 0.25) is 5.02 Å². The van der Waals surface area contributed by atoms with Crippen LogP contribution in [0.15, 0.2) is 18.2 Å². The van der Waals surface area contributed by atoms with E-state index in [2.05, 4.69) is 36.2 Å². The van der Waals surface area contributed by atoms with Crippen LogP contribution < -0.4 is 10.2 Å². The highest BCUT2D eigenvalue weighted by Crippen LogP contribution is 2.41. The number of piperazine rings is 1. The lowest BCUT2D eigenvalue weighted by Crippen LogP contribution is -2.60. The van der Waals surface area contributed by atoms with Crippen molar-refractivity contribution in [3.8, 4) is 0 Å². The van der Waals surface area contributed by atoms with Gasteiger partial charge in [0, 0.05) is 35.9 Å². The highest BCUT2D eigenvalue weighted by Gasteiger charge is 2.44. The monoisotopic (exact) mass is 264 g/mol. The average Bonchev–Trinajstić information content (AvgIpc) is 3.17. The van der Waals surface area contributed by atoms with E-state index in [0.29, 0.717) is 0 Å². The first-order chi connectivity index (χ1) is 8.58. The average molecular weight is 265 g/mol. The summed E-state index contributed by atoms with van der Waals surface area (Å²) in [7, 11) is 0. The Hall–Kier alpha value is -0.730. The minimum Gasteiger partial charge on any atom is -0.368 e. The molecule has 2 aliphatic rings. The maximum Gasteiger partial charge on any atom is 0.0426 e. The predicted molar refractivity (Wildman–Crippen MR) is 77.5 cm³/mol. The summed E-state index contributed by atoms with van der Waals surface area (Å²) in [5.41, 5.74) is 2.91. The quantitative estimate of drug-likeness (QED) is 0.882. The van der Waals surface area contributed by atoms with Gasteiger partial charge in [-0.1, -0.05) is 17.7 Å². The molecule has 0 spiro atoms. The van der Waals surface area contributed by atoms with Crippen LogP contribution in [0.1, 0.15) is 25.3 Å². The molecule has 1 heterocycles. The molecule has 18 heavy (non-hydrogen) atoms. The van der Waals surface area contributed by atoms with Gasteiger partial charge in [-0.05, 0) is 50.3 Å². The topological polar surface area (TPSA) is 15.3 Å². The Kier molecular flexibility index (Phi) is 3.03. The number of benzene rings is 1. The minimum absolute atomic E-state index is 0.285. The number of hydrogen-bond donors (Lipinski definition) is 1. The number of halogens is 1. The van der Waals surface area contributed by atoms with Crippen molar-refractivity contribution in [2.75, 3.05) is 24.5 Å². The minimum atomic E-state index is 0.285. The Bertz CT molecular complexity index is 456. The lowest BCUT2D eigenvalue weighted by molar-refractivity contribution is 0.285. The standard InChI is InChI=1S/C15H21ClN2/c1-11-3-6-13(16)9-14(11)18-8-7-17-15(2,10-18)12-4-5-12/h3,6,9,12,17H,4-5,7-8,10H2,1-2H3. The zero-order valence-corrected chi connectivity index (χ0v) is 11.9. The SMILES string of the molecule is Cc1ccc(Cl)cc1N1CCNC(C)(C2CC2)C1. The van der Waals surface area contributed by atoms with Crippen LogP contribution in [0.3, 0.4) is 0 Å². The molecule has 0 bridgehead atoms. The van der Waals surface area contributed by atoms with Gasteiger partial charge in [0.05, 0.1) is 0 Å². The number of hydrogen-bond acceptors (Lipinski definition) is 2. The molecule has 2 fully saturated rings. The van der Waals surface area contributed by atoms with Crippen LogP contribution in [0, 0.1) is 12.8 Å². The van der Waals surface area contributed by atoms with E-state index >= 15 is 0 Å². The Labute approximate surface area is 114 Å². The Morgan fingerprint density at radius 1 is 1.39 bits per heavy atom. The van der Waals surface area contributed by atoms with Crippen LogP contribution in [0.5, 0.6) is 0 Å². The van der Waals surface area contributed by atoms with Gasteiger partial charge in [0.15, 0.2) is 0 Å². The van der Waals surface area contributed by atoms with E-state index in [1.807, 2.05) is 6.07 Å².